The molecule has 2 heteroatoms. The van der Waals surface area contributed by atoms with E-state index in [1.54, 1.807) is 0 Å². The maximum absolute atomic E-state index is 3.72. The van der Waals surface area contributed by atoms with E-state index in [9.17, 15) is 0 Å². The highest BCUT2D eigenvalue weighted by Gasteiger charge is 2.20. The molecule has 1 aliphatic heterocycles. The van der Waals surface area contributed by atoms with Crippen molar-refractivity contribution < 1.29 is 0 Å². The third-order valence-corrected chi connectivity index (χ3v) is 4.45. The number of rotatable bonds is 5. The van der Waals surface area contributed by atoms with Crippen LogP contribution in [0.25, 0.3) is 0 Å². The van der Waals surface area contributed by atoms with Gasteiger partial charge in [-0.15, -0.1) is 0 Å². The van der Waals surface area contributed by atoms with E-state index in [0.717, 1.165) is 23.8 Å². The molecule has 1 nitrogen and oxygen atoms in total. The highest BCUT2D eigenvalue weighted by Crippen LogP contribution is 2.21. The largest absolute Gasteiger partial charge is 0.313 e. The van der Waals surface area contributed by atoms with Crippen LogP contribution in [0.5, 0.6) is 0 Å². The molecule has 84 valence electrons. The molecule has 1 heterocycles. The Kier molecular flexibility index (Phi) is 5.32. The summed E-state index contributed by atoms with van der Waals surface area (Å²) < 4.78 is 0. The molecule has 14 heavy (non-hydrogen) atoms. The first-order chi connectivity index (χ1) is 6.61. The van der Waals surface area contributed by atoms with Crippen molar-refractivity contribution in [2.75, 3.05) is 18.1 Å². The fourth-order valence-electron chi connectivity index (χ4n) is 2.24. The van der Waals surface area contributed by atoms with E-state index in [-0.39, 0.29) is 0 Å². The highest BCUT2D eigenvalue weighted by atomic mass is 32.2. The maximum atomic E-state index is 3.72. The predicted molar refractivity (Wildman–Crippen MR) is 66.9 cm³/mol. The minimum atomic E-state index is 0.792. The van der Waals surface area contributed by atoms with Crippen molar-refractivity contribution in [1.82, 2.24) is 5.32 Å². The van der Waals surface area contributed by atoms with Gasteiger partial charge in [0.05, 0.1) is 0 Å². The molecule has 0 radical (unpaired) electrons. The second kappa shape index (κ2) is 6.02. The first kappa shape index (κ1) is 12.4. The molecule has 0 aromatic heterocycles. The molecule has 1 unspecified atom stereocenters. The Balaban J connectivity index is 2.25. The molecule has 1 rings (SSSR count). The van der Waals surface area contributed by atoms with Gasteiger partial charge in [0.2, 0.25) is 0 Å². The van der Waals surface area contributed by atoms with Crippen LogP contribution in [-0.4, -0.2) is 24.1 Å². The summed E-state index contributed by atoms with van der Waals surface area (Å²) in [7, 11) is 0. The Hall–Kier alpha value is 0.310. The Morgan fingerprint density at radius 1 is 1.21 bits per heavy atom. The van der Waals surface area contributed by atoms with Crippen molar-refractivity contribution in [2.45, 2.75) is 40.2 Å². The van der Waals surface area contributed by atoms with Crippen molar-refractivity contribution in [2.24, 2.45) is 17.8 Å². The van der Waals surface area contributed by atoms with Gasteiger partial charge in [0.1, 0.15) is 0 Å². The van der Waals surface area contributed by atoms with Crippen LogP contribution >= 0.6 is 11.8 Å². The molecule has 1 saturated heterocycles. The van der Waals surface area contributed by atoms with E-state index in [0.29, 0.717) is 0 Å². The van der Waals surface area contributed by atoms with Crippen LogP contribution in [0.4, 0.5) is 0 Å². The molecule has 0 aromatic carbocycles. The van der Waals surface area contributed by atoms with E-state index in [1.165, 1.54) is 24.5 Å². The molecule has 0 amide bonds. The zero-order valence-corrected chi connectivity index (χ0v) is 10.9. The number of hydrogen-bond acceptors (Lipinski definition) is 2. The van der Waals surface area contributed by atoms with Gasteiger partial charge >= 0.3 is 0 Å². The summed E-state index contributed by atoms with van der Waals surface area (Å²) >= 11 is 2.09. The van der Waals surface area contributed by atoms with Crippen molar-refractivity contribution in [1.29, 1.82) is 0 Å². The summed E-state index contributed by atoms with van der Waals surface area (Å²) in [6, 6.07) is 0.792. The molecule has 1 aliphatic rings. The van der Waals surface area contributed by atoms with E-state index >= 15 is 0 Å². The van der Waals surface area contributed by atoms with Crippen LogP contribution < -0.4 is 5.32 Å². The lowest BCUT2D eigenvalue weighted by Crippen LogP contribution is -2.36. The third-order valence-electron chi connectivity index (χ3n) is 3.28. The summed E-state index contributed by atoms with van der Waals surface area (Å²) in [4.78, 5) is 0. The Bertz CT molecular complexity index is 142. The molecule has 0 aromatic rings. The van der Waals surface area contributed by atoms with Crippen LogP contribution in [0.3, 0.4) is 0 Å². The summed E-state index contributed by atoms with van der Waals surface area (Å²) in [5.41, 5.74) is 0. The lowest BCUT2D eigenvalue weighted by atomic mass is 9.85. The number of nitrogens with one attached hydrogen (secondary N) is 1. The van der Waals surface area contributed by atoms with Gasteiger partial charge in [0, 0.05) is 11.8 Å². The second-order valence-electron chi connectivity index (χ2n) is 5.12. The molecule has 1 fully saturated rings. The van der Waals surface area contributed by atoms with Gasteiger partial charge < -0.3 is 5.32 Å². The lowest BCUT2D eigenvalue weighted by molar-refractivity contribution is 0.268. The SMILES string of the molecule is CC(C)C(CNC1CCSC1)C(C)C. The summed E-state index contributed by atoms with van der Waals surface area (Å²) in [5, 5.41) is 3.72. The Morgan fingerprint density at radius 2 is 1.86 bits per heavy atom. The van der Waals surface area contributed by atoms with Crippen molar-refractivity contribution >= 4 is 11.8 Å². The van der Waals surface area contributed by atoms with Gasteiger partial charge in [0.25, 0.3) is 0 Å². The Labute approximate surface area is 93.4 Å². The van der Waals surface area contributed by atoms with Crippen LogP contribution in [0.2, 0.25) is 0 Å². The smallest absolute Gasteiger partial charge is 0.0166 e. The third kappa shape index (κ3) is 3.82. The quantitative estimate of drug-likeness (QED) is 0.756. The maximum Gasteiger partial charge on any atom is 0.0166 e. The average molecular weight is 215 g/mol. The van der Waals surface area contributed by atoms with E-state index in [1.807, 2.05) is 0 Å². The molecule has 0 saturated carbocycles. The number of hydrogen-bond donors (Lipinski definition) is 1. The zero-order valence-electron chi connectivity index (χ0n) is 10.0. The first-order valence-corrected chi connectivity index (χ1v) is 7.08. The molecule has 1 atom stereocenters. The fraction of sp³-hybridized carbons (Fsp3) is 1.00. The van der Waals surface area contributed by atoms with Crippen LogP contribution in [-0.2, 0) is 0 Å². The van der Waals surface area contributed by atoms with Crippen molar-refractivity contribution in [3.8, 4) is 0 Å². The van der Waals surface area contributed by atoms with Crippen LogP contribution in [0.1, 0.15) is 34.1 Å². The minimum absolute atomic E-state index is 0.792. The van der Waals surface area contributed by atoms with E-state index in [4.69, 9.17) is 0 Å². The van der Waals surface area contributed by atoms with Gasteiger partial charge in [0.15, 0.2) is 0 Å². The normalized spacial score (nSPS) is 22.9. The average Bonchev–Trinajstić information content (AvgIpc) is 2.55. The zero-order chi connectivity index (χ0) is 10.6. The summed E-state index contributed by atoms with van der Waals surface area (Å²) in [6.45, 7) is 10.6. The van der Waals surface area contributed by atoms with E-state index in [2.05, 4.69) is 44.8 Å². The fourth-order valence-corrected chi connectivity index (χ4v) is 3.43. The standard InChI is InChI=1S/C12H25NS/c1-9(2)12(10(3)4)7-13-11-5-6-14-8-11/h9-13H,5-8H2,1-4H3. The molecule has 0 aliphatic carbocycles. The monoisotopic (exact) mass is 215 g/mol. The van der Waals surface area contributed by atoms with Crippen LogP contribution in [0.15, 0.2) is 0 Å². The minimum Gasteiger partial charge on any atom is -0.313 e. The first-order valence-electron chi connectivity index (χ1n) is 5.92. The molecule has 0 spiro atoms. The second-order valence-corrected chi connectivity index (χ2v) is 6.27. The molecular formula is C12H25NS. The van der Waals surface area contributed by atoms with Gasteiger partial charge in [-0.25, -0.2) is 0 Å². The van der Waals surface area contributed by atoms with Gasteiger partial charge in [-0.3, -0.25) is 0 Å². The van der Waals surface area contributed by atoms with Crippen LogP contribution in [0, 0.1) is 17.8 Å². The van der Waals surface area contributed by atoms with Crippen molar-refractivity contribution in [3.05, 3.63) is 0 Å². The molecule has 0 bridgehead atoms. The number of thioether (sulfide) groups is 1. The van der Waals surface area contributed by atoms with Crippen molar-refractivity contribution in [3.63, 3.8) is 0 Å². The predicted octanol–water partition coefficient (Wildman–Crippen LogP) is 3.01. The molecular weight excluding hydrogens is 190 g/mol. The summed E-state index contributed by atoms with van der Waals surface area (Å²) in [5.74, 6) is 5.11. The van der Waals surface area contributed by atoms with Gasteiger partial charge in [-0.05, 0) is 36.5 Å². The highest BCUT2D eigenvalue weighted by molar-refractivity contribution is 7.99. The topological polar surface area (TPSA) is 12.0 Å². The molecule has 1 N–H and O–H groups in total. The van der Waals surface area contributed by atoms with Gasteiger partial charge in [-0.1, -0.05) is 27.7 Å². The van der Waals surface area contributed by atoms with Gasteiger partial charge in [-0.2, -0.15) is 11.8 Å². The Morgan fingerprint density at radius 3 is 2.29 bits per heavy atom. The van der Waals surface area contributed by atoms with E-state index < -0.39 is 0 Å². The lowest BCUT2D eigenvalue weighted by Gasteiger charge is -2.26. The summed E-state index contributed by atoms with van der Waals surface area (Å²) in [6.07, 6.45) is 1.37.